The molecule has 0 bridgehead atoms. The number of aromatic amines is 1. The molecule has 1 aliphatic heterocycles. The van der Waals surface area contributed by atoms with E-state index in [9.17, 15) is 32.3 Å². The molecule has 182 valence electrons. The molecule has 0 saturated carbocycles. The van der Waals surface area contributed by atoms with Gasteiger partial charge in [0.25, 0.3) is 22.9 Å². The van der Waals surface area contributed by atoms with Crippen LogP contribution in [0.2, 0.25) is 10.0 Å². The van der Waals surface area contributed by atoms with Gasteiger partial charge in [-0.2, -0.15) is 13.2 Å². The van der Waals surface area contributed by atoms with Gasteiger partial charge < -0.3 is 10.6 Å². The zero-order valence-corrected chi connectivity index (χ0v) is 19.0. The van der Waals surface area contributed by atoms with Crippen LogP contribution in [-0.4, -0.2) is 27.5 Å². The van der Waals surface area contributed by atoms with Gasteiger partial charge in [0, 0.05) is 11.6 Å². The minimum Gasteiger partial charge on any atom is -0.326 e. The highest BCUT2D eigenvalue weighted by molar-refractivity contribution is 6.36. The summed E-state index contributed by atoms with van der Waals surface area (Å²) in [7, 11) is 0. The van der Waals surface area contributed by atoms with Gasteiger partial charge in [0.1, 0.15) is 11.4 Å². The number of aryl methyl sites for hydroxylation is 1. The Morgan fingerprint density at radius 1 is 1.06 bits per heavy atom. The van der Waals surface area contributed by atoms with Crippen molar-refractivity contribution in [3.05, 3.63) is 96.1 Å². The minimum absolute atomic E-state index is 0.125. The lowest BCUT2D eigenvalue weighted by Crippen LogP contribution is -2.62. The highest BCUT2D eigenvalue weighted by Gasteiger charge is 2.68. The average Bonchev–Trinajstić information content (AvgIpc) is 3.07. The molecule has 2 heterocycles. The third kappa shape index (κ3) is 4.21. The van der Waals surface area contributed by atoms with Crippen molar-refractivity contribution in [2.45, 2.75) is 24.7 Å². The summed E-state index contributed by atoms with van der Waals surface area (Å²) >= 11 is 11.7. The number of halogens is 5. The molecule has 3 N–H and O–H groups in total. The molecule has 0 fully saturated rings. The summed E-state index contributed by atoms with van der Waals surface area (Å²) < 4.78 is 44.3. The van der Waals surface area contributed by atoms with E-state index in [0.29, 0.717) is 0 Å². The molecule has 0 aliphatic carbocycles. The summed E-state index contributed by atoms with van der Waals surface area (Å²) in [4.78, 5) is 52.6. The highest BCUT2D eigenvalue weighted by Crippen LogP contribution is 2.45. The van der Waals surface area contributed by atoms with E-state index in [1.54, 1.807) is 35.6 Å². The molecule has 0 unspecified atom stereocenters. The number of nitrogens with zero attached hydrogens (tertiary/aromatic N) is 1. The molecule has 1 aromatic heterocycles. The third-order valence-corrected chi connectivity index (χ3v) is 6.06. The molecule has 0 spiro atoms. The lowest BCUT2D eigenvalue weighted by atomic mass is 9.91. The van der Waals surface area contributed by atoms with Crippen molar-refractivity contribution in [2.24, 2.45) is 0 Å². The maximum atomic E-state index is 14.5. The van der Waals surface area contributed by atoms with Gasteiger partial charge in [-0.25, -0.2) is 4.79 Å². The number of aromatic nitrogens is 2. The number of hydrogen-bond acceptors (Lipinski definition) is 4. The van der Waals surface area contributed by atoms with Crippen molar-refractivity contribution >= 4 is 40.8 Å². The average molecular weight is 527 g/mol. The number of carbonyl (C=O) groups excluding carboxylic acids is 2. The number of nitrogens with one attached hydrogen (secondary N) is 3. The zero-order chi connectivity index (χ0) is 25.5. The lowest BCUT2D eigenvalue weighted by molar-refractivity contribution is -0.196. The Morgan fingerprint density at radius 2 is 1.74 bits per heavy atom. The number of alkyl halides is 3. The predicted octanol–water partition coefficient (Wildman–Crippen LogP) is 3.23. The van der Waals surface area contributed by atoms with Crippen LogP contribution in [0, 0.1) is 0 Å². The third-order valence-electron chi connectivity index (χ3n) is 5.52. The second-order valence-electron chi connectivity index (χ2n) is 7.65. The smallest absolute Gasteiger partial charge is 0.326 e. The van der Waals surface area contributed by atoms with E-state index in [1.165, 1.54) is 6.07 Å². The van der Waals surface area contributed by atoms with Crippen LogP contribution in [0.5, 0.6) is 0 Å². The maximum absolute atomic E-state index is 14.5. The molecule has 2 aromatic carbocycles. The van der Waals surface area contributed by atoms with Gasteiger partial charge in [-0.1, -0.05) is 53.5 Å². The van der Waals surface area contributed by atoms with Gasteiger partial charge in [-0.05, 0) is 30.2 Å². The first kappa shape index (κ1) is 24.6. The first-order chi connectivity index (χ1) is 16.5. The topological polar surface area (TPSA) is 113 Å². The largest absolute Gasteiger partial charge is 0.425 e. The molecule has 35 heavy (non-hydrogen) atoms. The second-order valence-corrected chi connectivity index (χ2v) is 8.49. The summed E-state index contributed by atoms with van der Waals surface area (Å²) in [5.41, 5.74) is -7.07. The SMILES string of the molecule is O=C(N[C@]1(C(F)(F)F)C(=O)Nc2c1c(=O)[nH]c(=O)n2CCc1ccccc1)c1ccc(Cl)cc1Cl. The van der Waals surface area contributed by atoms with Crippen LogP contribution in [-0.2, 0) is 23.3 Å². The van der Waals surface area contributed by atoms with E-state index in [-0.39, 0.29) is 23.0 Å². The lowest BCUT2D eigenvalue weighted by Gasteiger charge is -2.30. The van der Waals surface area contributed by atoms with Crippen molar-refractivity contribution in [1.82, 2.24) is 14.9 Å². The molecular weight excluding hydrogens is 512 g/mol. The van der Waals surface area contributed by atoms with Crippen molar-refractivity contribution in [3.8, 4) is 0 Å². The summed E-state index contributed by atoms with van der Waals surface area (Å²) in [5.74, 6) is -3.78. The summed E-state index contributed by atoms with van der Waals surface area (Å²) in [6, 6.07) is 12.2. The molecule has 4 rings (SSSR count). The molecule has 2 amide bonds. The van der Waals surface area contributed by atoms with Gasteiger partial charge >= 0.3 is 11.9 Å². The Hall–Kier alpha value is -3.57. The monoisotopic (exact) mass is 526 g/mol. The van der Waals surface area contributed by atoms with Crippen LogP contribution in [0.15, 0.2) is 58.1 Å². The molecule has 3 aromatic rings. The second kappa shape index (κ2) is 8.90. The number of benzene rings is 2. The summed E-state index contributed by atoms with van der Waals surface area (Å²) in [6.45, 7) is -0.160. The van der Waals surface area contributed by atoms with Crippen LogP contribution in [0.25, 0.3) is 0 Å². The molecule has 1 atom stereocenters. The Kier molecular flexibility index (Phi) is 6.24. The molecule has 13 heteroatoms. The normalized spacial score (nSPS) is 17.1. The van der Waals surface area contributed by atoms with Gasteiger partial charge in [-0.3, -0.25) is 23.9 Å². The highest BCUT2D eigenvalue weighted by atomic mass is 35.5. The first-order valence-electron chi connectivity index (χ1n) is 10.0. The number of amides is 2. The fraction of sp³-hybridized carbons (Fsp3) is 0.182. The van der Waals surface area contributed by atoms with E-state index in [1.807, 2.05) is 10.3 Å². The number of anilines is 1. The van der Waals surface area contributed by atoms with Gasteiger partial charge in [0.15, 0.2) is 0 Å². The van der Waals surface area contributed by atoms with Gasteiger partial charge in [0.2, 0.25) is 0 Å². The van der Waals surface area contributed by atoms with E-state index >= 15 is 0 Å². The van der Waals surface area contributed by atoms with Crippen LogP contribution in [0.3, 0.4) is 0 Å². The maximum Gasteiger partial charge on any atom is 0.425 e. The predicted molar refractivity (Wildman–Crippen MR) is 122 cm³/mol. The number of carbonyl (C=O) groups is 2. The van der Waals surface area contributed by atoms with Crippen LogP contribution < -0.4 is 21.9 Å². The Bertz CT molecular complexity index is 1450. The van der Waals surface area contributed by atoms with Crippen molar-refractivity contribution < 1.29 is 22.8 Å². The Morgan fingerprint density at radius 3 is 2.37 bits per heavy atom. The standard InChI is InChI=1S/C22H15Cl2F3N4O4/c23-12-6-7-13(14(24)10-12)17(32)30-21(22(25,26)27)15-16(28-19(21)34)31(20(35)29-18(15)33)9-8-11-4-2-1-3-5-11/h1-7,10H,8-9H2,(H,28,34)(H,30,32)(H,29,33,35)/t21-/m0/s1. The van der Waals surface area contributed by atoms with Crippen LogP contribution in [0.4, 0.5) is 19.0 Å². The Balaban J connectivity index is 1.84. The van der Waals surface area contributed by atoms with Crippen molar-refractivity contribution in [1.29, 1.82) is 0 Å². The van der Waals surface area contributed by atoms with Crippen LogP contribution >= 0.6 is 23.2 Å². The molecule has 0 radical (unpaired) electrons. The summed E-state index contributed by atoms with van der Waals surface area (Å²) in [6.07, 6.45) is -5.26. The quantitative estimate of drug-likeness (QED) is 0.473. The van der Waals surface area contributed by atoms with E-state index in [0.717, 1.165) is 22.3 Å². The molecule has 1 aliphatic rings. The molecular formula is C22H15Cl2F3N4O4. The number of fused-ring (bicyclic) bond motifs is 1. The van der Waals surface area contributed by atoms with Gasteiger partial charge in [0.05, 0.1) is 10.6 Å². The minimum atomic E-state index is -5.47. The van der Waals surface area contributed by atoms with Crippen LogP contribution in [0.1, 0.15) is 21.5 Å². The van der Waals surface area contributed by atoms with Crippen molar-refractivity contribution in [2.75, 3.05) is 5.32 Å². The Labute approximate surface area is 204 Å². The molecule has 8 nitrogen and oxygen atoms in total. The number of hydrogen-bond donors (Lipinski definition) is 3. The summed E-state index contributed by atoms with van der Waals surface area (Å²) in [5, 5.41) is 3.47. The van der Waals surface area contributed by atoms with E-state index < -0.39 is 51.7 Å². The van der Waals surface area contributed by atoms with Crippen molar-refractivity contribution in [3.63, 3.8) is 0 Å². The van der Waals surface area contributed by atoms with E-state index in [2.05, 4.69) is 0 Å². The fourth-order valence-corrected chi connectivity index (χ4v) is 4.33. The fourth-order valence-electron chi connectivity index (χ4n) is 3.83. The zero-order valence-electron chi connectivity index (χ0n) is 17.5. The van der Waals surface area contributed by atoms with E-state index in [4.69, 9.17) is 23.2 Å². The first-order valence-corrected chi connectivity index (χ1v) is 10.8. The molecule has 0 saturated heterocycles. The number of H-pyrrole nitrogens is 1. The number of rotatable bonds is 5. The van der Waals surface area contributed by atoms with Gasteiger partial charge in [-0.15, -0.1) is 0 Å².